The standard InChI is InChI=1S/C12H23N.C2H6/c1-4-10(2)11-6-8-12(11)7-5-9-13(12)3;1-2/h10-11H,4-9H2,1-3H3;1-2H3/t10?,11?,12-;/m0./s1. The van der Waals surface area contributed by atoms with Crippen molar-refractivity contribution in [3.8, 4) is 0 Å². The zero-order valence-corrected chi connectivity index (χ0v) is 11.3. The first kappa shape index (κ1) is 13.0. The minimum atomic E-state index is 0.648. The number of nitrogens with zero attached hydrogens (tertiary/aromatic N) is 1. The van der Waals surface area contributed by atoms with Crippen LogP contribution < -0.4 is 0 Å². The van der Waals surface area contributed by atoms with E-state index < -0.39 is 0 Å². The van der Waals surface area contributed by atoms with Gasteiger partial charge in [-0.15, -0.1) is 0 Å². The molecule has 15 heavy (non-hydrogen) atoms. The molecule has 3 atom stereocenters. The van der Waals surface area contributed by atoms with Crippen LogP contribution in [0.2, 0.25) is 0 Å². The molecule has 0 radical (unpaired) electrons. The van der Waals surface area contributed by atoms with Gasteiger partial charge in [-0.3, -0.25) is 0 Å². The van der Waals surface area contributed by atoms with Crippen LogP contribution in [0.25, 0.3) is 0 Å². The number of rotatable bonds is 2. The summed E-state index contributed by atoms with van der Waals surface area (Å²) in [5.41, 5.74) is 0.648. The maximum atomic E-state index is 2.65. The molecule has 1 spiro atoms. The SMILES string of the molecule is CC.CCC(C)C1CC[C@@]12CCCN2C. The summed E-state index contributed by atoms with van der Waals surface area (Å²) in [5.74, 6) is 1.94. The number of hydrogen-bond acceptors (Lipinski definition) is 1. The fourth-order valence-corrected chi connectivity index (χ4v) is 3.56. The molecule has 0 N–H and O–H groups in total. The summed E-state index contributed by atoms with van der Waals surface area (Å²) >= 11 is 0. The predicted molar refractivity (Wildman–Crippen MR) is 68.1 cm³/mol. The van der Waals surface area contributed by atoms with Gasteiger partial charge in [0, 0.05) is 5.54 Å². The molecule has 2 unspecified atom stereocenters. The van der Waals surface area contributed by atoms with Crippen molar-refractivity contribution in [3.63, 3.8) is 0 Å². The van der Waals surface area contributed by atoms with Gasteiger partial charge in [0.15, 0.2) is 0 Å². The molecular weight excluding hydrogens is 182 g/mol. The van der Waals surface area contributed by atoms with E-state index in [0.717, 1.165) is 11.8 Å². The minimum absolute atomic E-state index is 0.648. The summed E-state index contributed by atoms with van der Waals surface area (Å²) in [5, 5.41) is 0. The van der Waals surface area contributed by atoms with Gasteiger partial charge in [0.2, 0.25) is 0 Å². The molecule has 0 aromatic heterocycles. The van der Waals surface area contributed by atoms with Gasteiger partial charge >= 0.3 is 0 Å². The van der Waals surface area contributed by atoms with Gasteiger partial charge in [-0.2, -0.15) is 0 Å². The average Bonchev–Trinajstić information content (AvgIpc) is 2.63. The topological polar surface area (TPSA) is 3.24 Å². The molecule has 0 bridgehead atoms. The maximum absolute atomic E-state index is 2.65. The van der Waals surface area contributed by atoms with E-state index in [1.807, 2.05) is 13.8 Å². The molecule has 2 rings (SSSR count). The van der Waals surface area contributed by atoms with Crippen molar-refractivity contribution in [3.05, 3.63) is 0 Å². The van der Waals surface area contributed by atoms with Crippen LogP contribution in [-0.4, -0.2) is 24.0 Å². The van der Waals surface area contributed by atoms with Crippen LogP contribution in [0.5, 0.6) is 0 Å². The van der Waals surface area contributed by atoms with Crippen LogP contribution >= 0.6 is 0 Å². The average molecular weight is 211 g/mol. The van der Waals surface area contributed by atoms with Gasteiger partial charge in [-0.1, -0.05) is 34.1 Å². The molecule has 0 aromatic rings. The molecule has 2 aliphatic rings. The number of likely N-dealkylation sites (tertiary alicyclic amines) is 1. The van der Waals surface area contributed by atoms with E-state index >= 15 is 0 Å². The fourth-order valence-electron chi connectivity index (χ4n) is 3.56. The molecule has 1 heterocycles. The molecule has 1 heteroatoms. The zero-order valence-electron chi connectivity index (χ0n) is 11.3. The predicted octanol–water partition coefficient (Wildman–Crippen LogP) is 3.93. The molecule has 1 aliphatic carbocycles. The van der Waals surface area contributed by atoms with Crippen molar-refractivity contribution < 1.29 is 0 Å². The van der Waals surface area contributed by atoms with Crippen molar-refractivity contribution in [2.45, 2.75) is 65.3 Å². The fraction of sp³-hybridized carbons (Fsp3) is 1.00. The summed E-state index contributed by atoms with van der Waals surface area (Å²) in [4.78, 5) is 2.65. The third kappa shape index (κ3) is 2.08. The van der Waals surface area contributed by atoms with Gasteiger partial charge in [-0.05, 0) is 51.1 Å². The molecule has 1 nitrogen and oxygen atoms in total. The van der Waals surface area contributed by atoms with E-state index in [4.69, 9.17) is 0 Å². The third-order valence-corrected chi connectivity index (χ3v) is 4.77. The van der Waals surface area contributed by atoms with Crippen LogP contribution in [0.3, 0.4) is 0 Å². The Morgan fingerprint density at radius 2 is 2.00 bits per heavy atom. The van der Waals surface area contributed by atoms with Crippen LogP contribution in [0.4, 0.5) is 0 Å². The van der Waals surface area contributed by atoms with Crippen molar-refractivity contribution in [2.75, 3.05) is 13.6 Å². The smallest absolute Gasteiger partial charge is 0.0237 e. The van der Waals surface area contributed by atoms with Gasteiger partial charge in [0.25, 0.3) is 0 Å². The normalized spacial score (nSPS) is 37.0. The van der Waals surface area contributed by atoms with Crippen molar-refractivity contribution in [1.82, 2.24) is 4.90 Å². The Bertz CT molecular complexity index is 190. The molecule has 1 aliphatic heterocycles. The first-order valence-electron chi connectivity index (χ1n) is 6.92. The largest absolute Gasteiger partial charge is 0.300 e. The Hall–Kier alpha value is -0.0400. The highest BCUT2D eigenvalue weighted by Gasteiger charge is 2.52. The van der Waals surface area contributed by atoms with Crippen LogP contribution in [0, 0.1) is 11.8 Å². The highest BCUT2D eigenvalue weighted by Crippen LogP contribution is 2.52. The molecule has 1 saturated carbocycles. The lowest BCUT2D eigenvalue weighted by Gasteiger charge is -2.54. The van der Waals surface area contributed by atoms with Crippen molar-refractivity contribution >= 4 is 0 Å². The Morgan fingerprint density at radius 1 is 1.33 bits per heavy atom. The highest BCUT2D eigenvalue weighted by atomic mass is 15.2. The monoisotopic (exact) mass is 211 g/mol. The lowest BCUT2D eigenvalue weighted by atomic mass is 9.60. The van der Waals surface area contributed by atoms with Gasteiger partial charge in [0.1, 0.15) is 0 Å². The lowest BCUT2D eigenvalue weighted by molar-refractivity contribution is -0.0282. The van der Waals surface area contributed by atoms with Crippen LogP contribution in [0.1, 0.15) is 59.8 Å². The Morgan fingerprint density at radius 3 is 2.33 bits per heavy atom. The molecule has 90 valence electrons. The summed E-state index contributed by atoms with van der Waals surface area (Å²) in [6.45, 7) is 10.1. The molecule has 1 saturated heterocycles. The first-order valence-corrected chi connectivity index (χ1v) is 6.92. The molecule has 0 amide bonds. The molecule has 2 fully saturated rings. The van der Waals surface area contributed by atoms with Crippen molar-refractivity contribution in [2.24, 2.45) is 11.8 Å². The Labute approximate surface area is 96.2 Å². The third-order valence-electron chi connectivity index (χ3n) is 4.77. The van der Waals surface area contributed by atoms with Crippen molar-refractivity contribution in [1.29, 1.82) is 0 Å². The van der Waals surface area contributed by atoms with Crippen LogP contribution in [-0.2, 0) is 0 Å². The highest BCUT2D eigenvalue weighted by molar-refractivity contribution is 5.07. The second-order valence-electron chi connectivity index (χ2n) is 5.16. The minimum Gasteiger partial charge on any atom is -0.300 e. The zero-order chi connectivity index (χ0) is 11.5. The van der Waals surface area contributed by atoms with E-state index in [9.17, 15) is 0 Å². The summed E-state index contributed by atoms with van der Waals surface area (Å²) in [6, 6.07) is 0. The number of hydrogen-bond donors (Lipinski definition) is 0. The second kappa shape index (κ2) is 5.34. The van der Waals surface area contributed by atoms with Gasteiger partial charge in [-0.25, -0.2) is 0 Å². The van der Waals surface area contributed by atoms with E-state index in [1.165, 1.54) is 38.6 Å². The molecular formula is C14H29N. The Kier molecular flexibility index (Phi) is 4.64. The summed E-state index contributed by atoms with van der Waals surface area (Å²) in [6.07, 6.45) is 7.22. The Balaban J connectivity index is 0.000000531. The van der Waals surface area contributed by atoms with E-state index in [2.05, 4.69) is 25.8 Å². The van der Waals surface area contributed by atoms with Crippen LogP contribution in [0.15, 0.2) is 0 Å². The van der Waals surface area contributed by atoms with E-state index in [0.29, 0.717) is 5.54 Å². The van der Waals surface area contributed by atoms with Gasteiger partial charge < -0.3 is 4.90 Å². The summed E-state index contributed by atoms with van der Waals surface area (Å²) < 4.78 is 0. The second-order valence-corrected chi connectivity index (χ2v) is 5.16. The quantitative estimate of drug-likeness (QED) is 0.669. The van der Waals surface area contributed by atoms with E-state index in [1.54, 1.807) is 0 Å². The van der Waals surface area contributed by atoms with Gasteiger partial charge in [0.05, 0.1) is 0 Å². The first-order chi connectivity index (χ1) is 7.20. The lowest BCUT2D eigenvalue weighted by Crippen LogP contribution is -2.57. The maximum Gasteiger partial charge on any atom is 0.0237 e. The van der Waals surface area contributed by atoms with E-state index in [-0.39, 0.29) is 0 Å². The summed E-state index contributed by atoms with van der Waals surface area (Å²) in [7, 11) is 2.33. The molecule has 0 aromatic carbocycles.